The van der Waals surface area contributed by atoms with Crippen LogP contribution < -0.4 is 14.8 Å². The first-order valence-electron chi connectivity index (χ1n) is 6.37. The van der Waals surface area contributed by atoms with Crippen LogP contribution in [-0.2, 0) is 13.1 Å². The summed E-state index contributed by atoms with van der Waals surface area (Å²) in [6.07, 6.45) is 1.37. The molecule has 2 rings (SSSR count). The van der Waals surface area contributed by atoms with E-state index in [2.05, 4.69) is 5.32 Å². The molecule has 0 radical (unpaired) electrons. The van der Waals surface area contributed by atoms with Crippen molar-refractivity contribution in [1.82, 2.24) is 5.32 Å². The van der Waals surface area contributed by atoms with Crippen LogP contribution in [0.4, 0.5) is 0 Å². The number of carbonyl (C=O) groups is 1. The van der Waals surface area contributed by atoms with E-state index in [0.29, 0.717) is 24.4 Å². The predicted octanol–water partition coefficient (Wildman–Crippen LogP) is 2.28. The number of carboxylic acids is 1. The highest BCUT2D eigenvalue weighted by Crippen LogP contribution is 2.24. The molecule has 2 N–H and O–H groups in total. The fourth-order valence-corrected chi connectivity index (χ4v) is 1.99. The van der Waals surface area contributed by atoms with Crippen molar-refractivity contribution in [3.8, 4) is 11.5 Å². The van der Waals surface area contributed by atoms with Crippen molar-refractivity contribution in [2.24, 2.45) is 0 Å². The monoisotopic (exact) mass is 291 g/mol. The summed E-state index contributed by atoms with van der Waals surface area (Å²) >= 11 is 0. The summed E-state index contributed by atoms with van der Waals surface area (Å²) in [6.45, 7) is 0.935. The molecule has 0 bridgehead atoms. The molecule has 6 heteroatoms. The number of methoxy groups -OCH3 is 2. The quantitative estimate of drug-likeness (QED) is 0.814. The third-order valence-corrected chi connectivity index (χ3v) is 3.07. The van der Waals surface area contributed by atoms with Crippen LogP contribution in [0.3, 0.4) is 0 Å². The van der Waals surface area contributed by atoms with Crippen molar-refractivity contribution in [2.75, 3.05) is 14.2 Å². The van der Waals surface area contributed by atoms with Crippen molar-refractivity contribution in [3.63, 3.8) is 0 Å². The molecule has 0 spiro atoms. The highest BCUT2D eigenvalue weighted by Gasteiger charge is 2.13. The lowest BCUT2D eigenvalue weighted by Gasteiger charge is -2.11. The molecule has 0 fully saturated rings. The Morgan fingerprint density at radius 3 is 2.62 bits per heavy atom. The van der Waals surface area contributed by atoms with Crippen LogP contribution in [0.15, 0.2) is 34.9 Å². The van der Waals surface area contributed by atoms with E-state index in [1.54, 1.807) is 26.4 Å². The second kappa shape index (κ2) is 6.81. The molecule has 6 nitrogen and oxygen atoms in total. The summed E-state index contributed by atoms with van der Waals surface area (Å²) in [5, 5.41) is 12.1. The Balaban J connectivity index is 2.00. The number of aromatic carboxylic acids is 1. The zero-order valence-corrected chi connectivity index (χ0v) is 11.9. The SMILES string of the molecule is COc1ccc(CNCc2ccoc2C(=O)O)c(OC)c1. The second-order valence-corrected chi connectivity index (χ2v) is 4.36. The van der Waals surface area contributed by atoms with E-state index in [-0.39, 0.29) is 5.76 Å². The number of carboxylic acid groups (broad SMARTS) is 1. The van der Waals surface area contributed by atoms with Gasteiger partial charge in [0, 0.05) is 30.3 Å². The van der Waals surface area contributed by atoms with Crippen molar-refractivity contribution < 1.29 is 23.8 Å². The Hall–Kier alpha value is -2.47. The van der Waals surface area contributed by atoms with Crippen LogP contribution >= 0.6 is 0 Å². The van der Waals surface area contributed by atoms with Gasteiger partial charge in [-0.05, 0) is 12.1 Å². The van der Waals surface area contributed by atoms with Crippen molar-refractivity contribution >= 4 is 5.97 Å². The summed E-state index contributed by atoms with van der Waals surface area (Å²) in [4.78, 5) is 10.9. The number of furan rings is 1. The van der Waals surface area contributed by atoms with Crippen molar-refractivity contribution in [3.05, 3.63) is 47.4 Å². The van der Waals surface area contributed by atoms with Gasteiger partial charge in [-0.3, -0.25) is 0 Å². The highest BCUT2D eigenvalue weighted by atomic mass is 16.5. The average Bonchev–Trinajstić information content (AvgIpc) is 2.96. The fraction of sp³-hybridized carbons (Fsp3) is 0.267. The third-order valence-electron chi connectivity index (χ3n) is 3.07. The topological polar surface area (TPSA) is 80.9 Å². The van der Waals surface area contributed by atoms with Gasteiger partial charge >= 0.3 is 5.97 Å². The molecule has 0 aliphatic rings. The van der Waals surface area contributed by atoms with Gasteiger partial charge < -0.3 is 24.3 Å². The molecular formula is C15H17NO5. The lowest BCUT2D eigenvalue weighted by atomic mass is 10.1. The van der Waals surface area contributed by atoms with E-state index >= 15 is 0 Å². The Bertz CT molecular complexity index is 620. The maximum atomic E-state index is 10.9. The van der Waals surface area contributed by atoms with E-state index < -0.39 is 5.97 Å². The van der Waals surface area contributed by atoms with E-state index in [9.17, 15) is 4.79 Å². The van der Waals surface area contributed by atoms with Gasteiger partial charge in [0.25, 0.3) is 0 Å². The third kappa shape index (κ3) is 3.55. The Morgan fingerprint density at radius 2 is 1.95 bits per heavy atom. The van der Waals surface area contributed by atoms with Gasteiger partial charge in [0.15, 0.2) is 0 Å². The molecular weight excluding hydrogens is 274 g/mol. The molecule has 0 saturated carbocycles. The molecule has 112 valence electrons. The zero-order valence-electron chi connectivity index (χ0n) is 11.9. The number of hydrogen-bond acceptors (Lipinski definition) is 5. The van der Waals surface area contributed by atoms with Crippen molar-refractivity contribution in [1.29, 1.82) is 0 Å². The summed E-state index contributed by atoms with van der Waals surface area (Å²) in [5.74, 6) is 0.328. The molecule has 0 unspecified atom stereocenters. The van der Waals surface area contributed by atoms with E-state index in [1.807, 2.05) is 12.1 Å². The van der Waals surface area contributed by atoms with Crippen LogP contribution in [0.2, 0.25) is 0 Å². The first kappa shape index (κ1) is 14.9. The number of hydrogen-bond donors (Lipinski definition) is 2. The minimum absolute atomic E-state index is 0.0378. The second-order valence-electron chi connectivity index (χ2n) is 4.36. The molecule has 1 aromatic heterocycles. The van der Waals surface area contributed by atoms with E-state index in [1.165, 1.54) is 6.26 Å². The van der Waals surface area contributed by atoms with Gasteiger partial charge in [-0.25, -0.2) is 4.79 Å². The van der Waals surface area contributed by atoms with Crippen LogP contribution in [0.25, 0.3) is 0 Å². The Morgan fingerprint density at radius 1 is 1.19 bits per heavy atom. The number of rotatable bonds is 7. The smallest absolute Gasteiger partial charge is 0.372 e. The molecule has 0 aliphatic heterocycles. The molecule has 1 heterocycles. The van der Waals surface area contributed by atoms with Gasteiger partial charge in [0.2, 0.25) is 5.76 Å². The predicted molar refractivity (Wildman–Crippen MR) is 75.8 cm³/mol. The summed E-state index contributed by atoms with van der Waals surface area (Å²) < 4.78 is 15.4. The number of nitrogens with one attached hydrogen (secondary N) is 1. The standard InChI is InChI=1S/C15H17NO5/c1-19-12-4-3-10(13(7-12)20-2)8-16-9-11-5-6-21-14(11)15(17)18/h3-7,16H,8-9H2,1-2H3,(H,17,18). The number of benzene rings is 1. The molecule has 0 aliphatic carbocycles. The van der Waals surface area contributed by atoms with Gasteiger partial charge in [-0.2, -0.15) is 0 Å². The molecule has 2 aromatic rings. The minimum Gasteiger partial charge on any atom is -0.497 e. The Labute approximate surface area is 122 Å². The molecule has 21 heavy (non-hydrogen) atoms. The van der Waals surface area contributed by atoms with Gasteiger partial charge in [0.05, 0.1) is 20.5 Å². The zero-order chi connectivity index (χ0) is 15.2. The van der Waals surface area contributed by atoms with Crippen LogP contribution in [0.5, 0.6) is 11.5 Å². The highest BCUT2D eigenvalue weighted by molar-refractivity contribution is 5.86. The minimum atomic E-state index is -1.07. The van der Waals surface area contributed by atoms with Gasteiger partial charge in [-0.1, -0.05) is 6.07 Å². The summed E-state index contributed by atoms with van der Waals surface area (Å²) in [5.41, 5.74) is 1.56. The molecule has 0 atom stereocenters. The largest absolute Gasteiger partial charge is 0.497 e. The first-order chi connectivity index (χ1) is 10.2. The van der Waals surface area contributed by atoms with Gasteiger partial charge in [0.1, 0.15) is 11.5 Å². The molecule has 1 aromatic carbocycles. The molecule has 0 amide bonds. The maximum absolute atomic E-state index is 10.9. The number of ether oxygens (including phenoxy) is 2. The summed E-state index contributed by atoms with van der Waals surface area (Å²) in [7, 11) is 3.19. The maximum Gasteiger partial charge on any atom is 0.372 e. The van der Waals surface area contributed by atoms with Gasteiger partial charge in [-0.15, -0.1) is 0 Å². The van der Waals surface area contributed by atoms with E-state index in [4.69, 9.17) is 19.0 Å². The average molecular weight is 291 g/mol. The first-order valence-corrected chi connectivity index (χ1v) is 6.37. The normalized spacial score (nSPS) is 10.4. The summed E-state index contributed by atoms with van der Waals surface area (Å²) in [6, 6.07) is 7.19. The van der Waals surface area contributed by atoms with Crippen molar-refractivity contribution in [2.45, 2.75) is 13.1 Å². The lowest BCUT2D eigenvalue weighted by molar-refractivity contribution is 0.0660. The van der Waals surface area contributed by atoms with E-state index in [0.717, 1.165) is 11.3 Å². The fourth-order valence-electron chi connectivity index (χ4n) is 1.99. The van der Waals surface area contributed by atoms with Crippen LogP contribution in [-0.4, -0.2) is 25.3 Å². The van der Waals surface area contributed by atoms with Crippen LogP contribution in [0.1, 0.15) is 21.7 Å². The Kier molecular flexibility index (Phi) is 4.84. The van der Waals surface area contributed by atoms with Crippen LogP contribution in [0, 0.1) is 0 Å². The lowest BCUT2D eigenvalue weighted by Crippen LogP contribution is -2.15. The molecule has 0 saturated heterocycles.